The number of nitrogens with zero attached hydrogens (tertiary/aromatic N) is 1. The van der Waals surface area contributed by atoms with Crippen LogP contribution in [0.3, 0.4) is 0 Å². The summed E-state index contributed by atoms with van der Waals surface area (Å²) in [6.07, 6.45) is 0. The lowest BCUT2D eigenvalue weighted by molar-refractivity contribution is 0.0740. The van der Waals surface area contributed by atoms with Gasteiger partial charge in [-0.05, 0) is 37.6 Å². The van der Waals surface area contributed by atoms with Crippen LogP contribution in [0.25, 0.3) is 0 Å². The molecule has 0 saturated heterocycles. The largest absolute Gasteiger partial charge is 0.508 e. The van der Waals surface area contributed by atoms with Gasteiger partial charge in [0.2, 0.25) is 0 Å². The van der Waals surface area contributed by atoms with Gasteiger partial charge in [0, 0.05) is 23.2 Å². The maximum atomic E-state index is 12.6. The zero-order valence-electron chi connectivity index (χ0n) is 12.3. The summed E-state index contributed by atoms with van der Waals surface area (Å²) in [7, 11) is 1.72. The molecule has 110 valence electrons. The standard InChI is InChI=1S/C17H18ClNO2/c1-11-13(8-6-9-15(11)18)17(21)19(3)12(2)14-7-4-5-10-16(14)20/h4-10,12,20H,1-3H3. The second-order valence-electron chi connectivity index (χ2n) is 5.06. The Balaban J connectivity index is 2.31. The highest BCUT2D eigenvalue weighted by Gasteiger charge is 2.22. The maximum absolute atomic E-state index is 12.6. The van der Waals surface area contributed by atoms with Crippen LogP contribution in [0.15, 0.2) is 42.5 Å². The molecule has 0 aliphatic carbocycles. The first kappa shape index (κ1) is 15.4. The summed E-state index contributed by atoms with van der Waals surface area (Å²) in [6.45, 7) is 3.71. The first-order valence-electron chi connectivity index (χ1n) is 6.73. The Bertz CT molecular complexity index is 670. The number of hydrogen-bond donors (Lipinski definition) is 1. The molecule has 0 aliphatic rings. The number of phenols is 1. The van der Waals surface area contributed by atoms with Gasteiger partial charge in [0.05, 0.1) is 6.04 Å². The van der Waals surface area contributed by atoms with E-state index >= 15 is 0 Å². The van der Waals surface area contributed by atoms with E-state index in [0.29, 0.717) is 16.1 Å². The Morgan fingerprint density at radius 1 is 1.19 bits per heavy atom. The molecule has 0 bridgehead atoms. The van der Waals surface area contributed by atoms with Crippen molar-refractivity contribution in [1.29, 1.82) is 0 Å². The molecule has 0 radical (unpaired) electrons. The van der Waals surface area contributed by atoms with Crippen LogP contribution in [-0.4, -0.2) is 23.0 Å². The molecule has 1 N–H and O–H groups in total. The van der Waals surface area contributed by atoms with Gasteiger partial charge in [-0.25, -0.2) is 0 Å². The molecule has 3 nitrogen and oxygen atoms in total. The topological polar surface area (TPSA) is 40.5 Å². The lowest BCUT2D eigenvalue weighted by atomic mass is 10.0. The van der Waals surface area contributed by atoms with E-state index in [1.165, 1.54) is 0 Å². The SMILES string of the molecule is Cc1c(Cl)cccc1C(=O)N(C)C(C)c1ccccc1O. The summed E-state index contributed by atoms with van der Waals surface area (Å²) >= 11 is 6.07. The molecule has 1 unspecified atom stereocenters. The van der Waals surface area contributed by atoms with Gasteiger partial charge in [-0.3, -0.25) is 4.79 Å². The molecule has 0 fully saturated rings. The Kier molecular flexibility index (Phi) is 4.53. The van der Waals surface area contributed by atoms with Crippen molar-refractivity contribution in [3.63, 3.8) is 0 Å². The number of hydrogen-bond acceptors (Lipinski definition) is 2. The van der Waals surface area contributed by atoms with Crippen molar-refractivity contribution >= 4 is 17.5 Å². The monoisotopic (exact) mass is 303 g/mol. The predicted molar refractivity (Wildman–Crippen MR) is 84.8 cm³/mol. The number of amides is 1. The van der Waals surface area contributed by atoms with E-state index in [2.05, 4.69) is 0 Å². The first-order valence-corrected chi connectivity index (χ1v) is 7.11. The number of phenolic OH excluding ortho intramolecular Hbond substituents is 1. The Hall–Kier alpha value is -2.00. The smallest absolute Gasteiger partial charge is 0.254 e. The summed E-state index contributed by atoms with van der Waals surface area (Å²) in [5.74, 6) is 0.0678. The molecule has 0 aliphatic heterocycles. The van der Waals surface area contributed by atoms with Crippen LogP contribution in [0.4, 0.5) is 0 Å². The fourth-order valence-corrected chi connectivity index (χ4v) is 2.43. The fourth-order valence-electron chi connectivity index (χ4n) is 2.25. The molecule has 0 saturated carbocycles. The quantitative estimate of drug-likeness (QED) is 0.923. The van der Waals surface area contributed by atoms with Gasteiger partial charge in [-0.2, -0.15) is 0 Å². The van der Waals surface area contributed by atoms with E-state index in [1.54, 1.807) is 42.3 Å². The van der Waals surface area contributed by atoms with Crippen LogP contribution in [0.5, 0.6) is 5.75 Å². The fraction of sp³-hybridized carbons (Fsp3) is 0.235. The van der Waals surface area contributed by atoms with Crippen LogP contribution in [0.1, 0.15) is 34.5 Å². The van der Waals surface area contributed by atoms with Crippen LogP contribution in [-0.2, 0) is 0 Å². The van der Waals surface area contributed by atoms with E-state index < -0.39 is 0 Å². The minimum atomic E-state index is -0.239. The van der Waals surface area contributed by atoms with Crippen molar-refractivity contribution in [3.8, 4) is 5.75 Å². The van der Waals surface area contributed by atoms with Gasteiger partial charge < -0.3 is 10.0 Å². The second kappa shape index (κ2) is 6.19. The zero-order chi connectivity index (χ0) is 15.6. The third kappa shape index (κ3) is 3.03. The van der Waals surface area contributed by atoms with Gasteiger partial charge in [0.1, 0.15) is 5.75 Å². The number of benzene rings is 2. The van der Waals surface area contributed by atoms with Crippen molar-refractivity contribution < 1.29 is 9.90 Å². The van der Waals surface area contributed by atoms with Gasteiger partial charge in [0.15, 0.2) is 0 Å². The number of carbonyl (C=O) groups excluding carboxylic acids is 1. The zero-order valence-corrected chi connectivity index (χ0v) is 13.1. The predicted octanol–water partition coefficient (Wildman–Crippen LogP) is 4.19. The van der Waals surface area contributed by atoms with Gasteiger partial charge in [0.25, 0.3) is 5.91 Å². The lowest BCUT2D eigenvalue weighted by Crippen LogP contribution is -2.30. The highest BCUT2D eigenvalue weighted by atomic mass is 35.5. The molecule has 21 heavy (non-hydrogen) atoms. The second-order valence-corrected chi connectivity index (χ2v) is 5.47. The van der Waals surface area contributed by atoms with E-state index in [-0.39, 0.29) is 17.7 Å². The van der Waals surface area contributed by atoms with Crippen LogP contribution < -0.4 is 0 Å². The first-order chi connectivity index (χ1) is 9.93. The third-order valence-corrected chi connectivity index (χ3v) is 4.20. The molecule has 1 amide bonds. The minimum absolute atomic E-state index is 0.120. The van der Waals surface area contributed by atoms with Crippen molar-refractivity contribution in [1.82, 2.24) is 4.90 Å². The normalized spacial score (nSPS) is 12.0. The molecule has 2 aromatic rings. The Morgan fingerprint density at radius 2 is 1.86 bits per heavy atom. The molecule has 2 aromatic carbocycles. The summed E-state index contributed by atoms with van der Waals surface area (Å²) in [5.41, 5.74) is 2.06. The van der Waals surface area contributed by atoms with Crippen LogP contribution in [0, 0.1) is 6.92 Å². The Labute approximate surface area is 129 Å². The highest BCUT2D eigenvalue weighted by molar-refractivity contribution is 6.31. The van der Waals surface area contributed by atoms with E-state index in [4.69, 9.17) is 11.6 Å². The molecule has 0 aromatic heterocycles. The van der Waals surface area contributed by atoms with Gasteiger partial charge >= 0.3 is 0 Å². The highest BCUT2D eigenvalue weighted by Crippen LogP contribution is 2.29. The molecule has 4 heteroatoms. The van der Waals surface area contributed by atoms with Crippen LogP contribution in [0.2, 0.25) is 5.02 Å². The number of para-hydroxylation sites is 1. The average Bonchev–Trinajstić information content (AvgIpc) is 2.48. The van der Waals surface area contributed by atoms with E-state index in [1.807, 2.05) is 26.0 Å². The molecule has 2 rings (SSSR count). The average molecular weight is 304 g/mol. The summed E-state index contributed by atoms with van der Waals surface area (Å²) in [4.78, 5) is 14.2. The summed E-state index contributed by atoms with van der Waals surface area (Å²) in [5, 5.41) is 10.5. The molecular formula is C17H18ClNO2. The maximum Gasteiger partial charge on any atom is 0.254 e. The van der Waals surface area contributed by atoms with Crippen LogP contribution >= 0.6 is 11.6 Å². The molecule has 1 atom stereocenters. The number of carbonyl (C=O) groups is 1. The summed E-state index contributed by atoms with van der Waals surface area (Å²) in [6, 6.07) is 12.1. The Morgan fingerprint density at radius 3 is 2.52 bits per heavy atom. The molecule has 0 heterocycles. The van der Waals surface area contributed by atoms with E-state index in [9.17, 15) is 9.90 Å². The van der Waals surface area contributed by atoms with Crippen molar-refractivity contribution in [2.75, 3.05) is 7.05 Å². The summed E-state index contributed by atoms with van der Waals surface area (Å²) < 4.78 is 0. The van der Waals surface area contributed by atoms with Crippen molar-refractivity contribution in [2.45, 2.75) is 19.9 Å². The molecular weight excluding hydrogens is 286 g/mol. The third-order valence-electron chi connectivity index (χ3n) is 3.79. The number of aromatic hydroxyl groups is 1. The van der Waals surface area contributed by atoms with Gasteiger partial charge in [-0.1, -0.05) is 35.9 Å². The molecule has 0 spiro atoms. The number of rotatable bonds is 3. The van der Waals surface area contributed by atoms with Crippen molar-refractivity contribution in [2.24, 2.45) is 0 Å². The minimum Gasteiger partial charge on any atom is -0.508 e. The van der Waals surface area contributed by atoms with Crippen molar-refractivity contribution in [3.05, 3.63) is 64.2 Å². The number of halogens is 1. The lowest BCUT2D eigenvalue weighted by Gasteiger charge is -2.26. The van der Waals surface area contributed by atoms with E-state index in [0.717, 1.165) is 5.56 Å². The van der Waals surface area contributed by atoms with Gasteiger partial charge in [-0.15, -0.1) is 0 Å².